The highest BCUT2D eigenvalue weighted by atomic mass is 16.2. The molecule has 1 saturated carbocycles. The maximum Gasteiger partial charge on any atom is 0.228 e. The molecule has 1 aliphatic carbocycles. The normalized spacial score (nSPS) is 17.4. The van der Waals surface area contributed by atoms with Gasteiger partial charge in [0.15, 0.2) is 5.78 Å². The first kappa shape index (κ1) is 32.2. The third kappa shape index (κ3) is 7.02. The minimum absolute atomic E-state index is 0.000854. The van der Waals surface area contributed by atoms with E-state index < -0.39 is 5.92 Å². The van der Waals surface area contributed by atoms with Crippen molar-refractivity contribution in [3.05, 3.63) is 95.7 Å². The molecule has 2 aromatic heterocycles. The van der Waals surface area contributed by atoms with E-state index in [1.54, 1.807) is 0 Å². The maximum atomic E-state index is 14.1. The predicted octanol–water partition coefficient (Wildman–Crippen LogP) is 7.38. The molecular weight excluding hydrogens is 584 g/mol. The number of carbonyl (C=O) groups is 2. The molecule has 1 amide bonds. The molecule has 1 aliphatic rings. The summed E-state index contributed by atoms with van der Waals surface area (Å²) in [6.07, 6.45) is 5.56. The molecule has 0 radical (unpaired) electrons. The number of nitrogens with one attached hydrogen (secondary N) is 2. The lowest BCUT2D eigenvalue weighted by molar-refractivity contribution is -0.123. The van der Waals surface area contributed by atoms with Crippen molar-refractivity contribution in [1.29, 1.82) is 0 Å². The number of hydrogen-bond donors (Lipinski definition) is 2. The van der Waals surface area contributed by atoms with Gasteiger partial charge in [0.1, 0.15) is 5.82 Å². The zero-order chi connectivity index (χ0) is 33.3. The van der Waals surface area contributed by atoms with Crippen molar-refractivity contribution >= 4 is 45.3 Å². The summed E-state index contributed by atoms with van der Waals surface area (Å²) in [7, 11) is 5.98. The average molecular weight is 631 g/mol. The fraction of sp³-hybridized carbons (Fsp3) is 0.385. The molecule has 5 aromatic rings. The third-order valence-corrected chi connectivity index (χ3v) is 9.50. The number of anilines is 2. The van der Waals surface area contributed by atoms with Gasteiger partial charge in [-0.1, -0.05) is 75.4 Å². The van der Waals surface area contributed by atoms with Crippen LogP contribution in [-0.2, 0) is 17.3 Å². The largest absolute Gasteiger partial charge is 0.362 e. The number of amides is 1. The van der Waals surface area contributed by atoms with E-state index in [1.807, 2.05) is 104 Å². The molecule has 2 heterocycles. The molecule has 0 aliphatic heterocycles. The molecule has 1 atom stereocenters. The van der Waals surface area contributed by atoms with Gasteiger partial charge in [0.25, 0.3) is 0 Å². The van der Waals surface area contributed by atoms with Gasteiger partial charge in [-0.05, 0) is 60.4 Å². The molecule has 3 aromatic carbocycles. The summed E-state index contributed by atoms with van der Waals surface area (Å²) in [6, 6.07) is 24.2. The van der Waals surface area contributed by atoms with Crippen LogP contribution in [0.2, 0.25) is 0 Å². The van der Waals surface area contributed by atoms with Crippen molar-refractivity contribution in [2.75, 3.05) is 24.3 Å². The molecule has 0 spiro atoms. The first-order chi connectivity index (χ1) is 22.5. The average Bonchev–Trinajstić information content (AvgIpc) is 3.39. The second kappa shape index (κ2) is 13.2. The first-order valence-electron chi connectivity index (χ1n) is 16.7. The monoisotopic (exact) mass is 630 g/mol. The molecule has 8 heteroatoms. The number of hydrogen-bond acceptors (Lipinski definition) is 6. The molecule has 47 heavy (non-hydrogen) atoms. The van der Waals surface area contributed by atoms with E-state index in [-0.39, 0.29) is 35.6 Å². The molecule has 2 N–H and O–H groups in total. The first-order valence-corrected chi connectivity index (χ1v) is 16.7. The molecule has 0 bridgehead atoms. The number of aromatic nitrogens is 3. The Labute approximate surface area is 277 Å². The summed E-state index contributed by atoms with van der Waals surface area (Å²) in [4.78, 5) is 39.4. The van der Waals surface area contributed by atoms with Gasteiger partial charge in [0.05, 0.1) is 11.4 Å². The molecule has 244 valence electrons. The highest BCUT2D eigenvalue weighted by Crippen LogP contribution is 2.33. The Hall–Kier alpha value is -4.72. The predicted molar refractivity (Wildman–Crippen MR) is 191 cm³/mol. The number of rotatable bonds is 9. The standard InChI is InChI=1S/C39H46N6O2/c1-39(2,3)26-17-15-25(16-18-26)35(46)23-31(32-24-45(6)34-14-10-8-11-29(32)34)37(47)40-27-19-21-28(22-20-27)41-38-42-33-13-9-7-12-30(33)36(43-38)44(4)5/h7-18,24,27-28,31H,19-23H2,1-6H3,(H,40,47)(H,41,42,43). The molecular formula is C39H46N6O2. The highest BCUT2D eigenvalue weighted by Gasteiger charge is 2.31. The van der Waals surface area contributed by atoms with Crippen molar-refractivity contribution in [3.8, 4) is 0 Å². The third-order valence-electron chi connectivity index (χ3n) is 9.50. The quantitative estimate of drug-likeness (QED) is 0.165. The number of carbonyl (C=O) groups excluding carboxylic acids is 2. The van der Waals surface area contributed by atoms with Crippen molar-refractivity contribution in [2.24, 2.45) is 7.05 Å². The second-order valence-corrected chi connectivity index (χ2v) is 14.2. The van der Waals surface area contributed by atoms with Crippen LogP contribution in [0.5, 0.6) is 0 Å². The van der Waals surface area contributed by atoms with E-state index >= 15 is 0 Å². The number of ketones is 1. The van der Waals surface area contributed by atoms with Gasteiger partial charge >= 0.3 is 0 Å². The molecule has 0 saturated heterocycles. The number of Topliss-reactive ketones (excluding diaryl/α,β-unsaturated/α-hetero) is 1. The molecule has 1 unspecified atom stereocenters. The summed E-state index contributed by atoms with van der Waals surface area (Å²) < 4.78 is 2.04. The summed E-state index contributed by atoms with van der Waals surface area (Å²) >= 11 is 0. The van der Waals surface area contributed by atoms with E-state index in [9.17, 15) is 9.59 Å². The van der Waals surface area contributed by atoms with Crippen LogP contribution in [0.3, 0.4) is 0 Å². The van der Waals surface area contributed by atoms with Crippen molar-refractivity contribution in [1.82, 2.24) is 19.9 Å². The van der Waals surface area contributed by atoms with Crippen LogP contribution >= 0.6 is 0 Å². The van der Waals surface area contributed by atoms with Crippen LogP contribution in [0.1, 0.15) is 80.3 Å². The van der Waals surface area contributed by atoms with Gasteiger partial charge in [0, 0.05) is 67.7 Å². The van der Waals surface area contributed by atoms with Crippen LogP contribution in [0.4, 0.5) is 11.8 Å². The van der Waals surface area contributed by atoms with Gasteiger partial charge in [0.2, 0.25) is 11.9 Å². The Morgan fingerprint density at radius 2 is 1.51 bits per heavy atom. The van der Waals surface area contributed by atoms with E-state index in [0.29, 0.717) is 11.5 Å². The van der Waals surface area contributed by atoms with Crippen molar-refractivity contribution < 1.29 is 9.59 Å². The van der Waals surface area contributed by atoms with Gasteiger partial charge in [-0.3, -0.25) is 9.59 Å². The van der Waals surface area contributed by atoms with E-state index in [2.05, 4.69) is 37.5 Å². The molecule has 8 nitrogen and oxygen atoms in total. The van der Waals surface area contributed by atoms with Gasteiger partial charge < -0.3 is 20.1 Å². The molecule has 6 rings (SSSR count). The molecule has 1 fully saturated rings. The second-order valence-electron chi connectivity index (χ2n) is 14.2. The Kier molecular flexibility index (Phi) is 9.04. The minimum Gasteiger partial charge on any atom is -0.362 e. The smallest absolute Gasteiger partial charge is 0.228 e. The summed E-state index contributed by atoms with van der Waals surface area (Å²) in [5.41, 5.74) is 4.65. The number of para-hydroxylation sites is 2. The van der Waals surface area contributed by atoms with Gasteiger partial charge in [-0.2, -0.15) is 4.98 Å². The summed E-state index contributed by atoms with van der Waals surface area (Å²) in [6.45, 7) is 6.48. The Bertz CT molecular complexity index is 1900. The maximum absolute atomic E-state index is 14.1. The summed E-state index contributed by atoms with van der Waals surface area (Å²) in [5.74, 6) is 0.801. The highest BCUT2D eigenvalue weighted by molar-refractivity contribution is 6.02. The van der Waals surface area contributed by atoms with Gasteiger partial charge in [-0.15, -0.1) is 0 Å². The topological polar surface area (TPSA) is 92.2 Å². The zero-order valence-corrected chi connectivity index (χ0v) is 28.4. The lowest BCUT2D eigenvalue weighted by Gasteiger charge is -2.31. The van der Waals surface area contributed by atoms with Crippen LogP contribution in [0, 0.1) is 0 Å². The SMILES string of the molecule is CN(C)c1nc(NC2CCC(NC(=O)C(CC(=O)c3ccc(C(C)(C)C)cc3)c3cn(C)c4ccccc34)CC2)nc2ccccc12. The number of aryl methyl sites for hydroxylation is 1. The number of fused-ring (bicyclic) bond motifs is 2. The Balaban J connectivity index is 1.16. The number of nitrogens with zero attached hydrogens (tertiary/aromatic N) is 4. The minimum atomic E-state index is -0.595. The van der Waals surface area contributed by atoms with Crippen LogP contribution < -0.4 is 15.5 Å². The van der Waals surface area contributed by atoms with Crippen molar-refractivity contribution in [2.45, 2.75) is 76.3 Å². The van der Waals surface area contributed by atoms with E-state index in [4.69, 9.17) is 9.97 Å². The summed E-state index contributed by atoms with van der Waals surface area (Å²) in [5, 5.41) is 8.94. The lowest BCUT2D eigenvalue weighted by Crippen LogP contribution is -2.42. The zero-order valence-electron chi connectivity index (χ0n) is 28.4. The Morgan fingerprint density at radius 1 is 0.872 bits per heavy atom. The van der Waals surface area contributed by atoms with Crippen molar-refractivity contribution in [3.63, 3.8) is 0 Å². The van der Waals surface area contributed by atoms with Gasteiger partial charge in [-0.25, -0.2) is 4.98 Å². The van der Waals surface area contributed by atoms with E-state index in [1.165, 1.54) is 5.56 Å². The van der Waals surface area contributed by atoms with E-state index in [0.717, 1.165) is 58.9 Å². The van der Waals surface area contributed by atoms with Crippen LogP contribution in [0.15, 0.2) is 79.0 Å². The fourth-order valence-electron chi connectivity index (χ4n) is 6.79. The fourth-order valence-corrected chi connectivity index (χ4v) is 6.79. The van der Waals surface area contributed by atoms with Crippen LogP contribution in [0.25, 0.3) is 21.8 Å². The number of benzene rings is 3. The van der Waals surface area contributed by atoms with Crippen LogP contribution in [-0.4, -0.2) is 52.4 Å². The lowest BCUT2D eigenvalue weighted by atomic mass is 9.85. The Morgan fingerprint density at radius 3 is 2.19 bits per heavy atom.